The van der Waals surface area contributed by atoms with Crippen molar-refractivity contribution in [2.75, 3.05) is 20.2 Å². The Morgan fingerprint density at radius 2 is 1.42 bits per heavy atom. The molecule has 2 aliphatic heterocycles. The number of rotatable bonds is 12. The van der Waals surface area contributed by atoms with E-state index in [1.165, 1.54) is 6.07 Å². The van der Waals surface area contributed by atoms with Gasteiger partial charge in [-0.25, -0.2) is 9.97 Å². The Morgan fingerprint density at radius 1 is 0.808 bits per heavy atom. The van der Waals surface area contributed by atoms with Gasteiger partial charge in [0.2, 0.25) is 17.7 Å². The van der Waals surface area contributed by atoms with Crippen LogP contribution in [0.5, 0.6) is 5.88 Å². The molecule has 0 unspecified atom stereocenters. The molecule has 2 aliphatic rings. The van der Waals surface area contributed by atoms with Crippen molar-refractivity contribution in [1.29, 1.82) is 0 Å². The van der Waals surface area contributed by atoms with Gasteiger partial charge in [-0.1, -0.05) is 65.7 Å². The SMILES string of the molecule is COc1nc(-c2cccc(-c3cccc(-c4cc(C)c5nc(CNC[C@@H]6CCC(=O)N6)cc(=O)n5c4)c3Cl)c2Cl)ccc1CNC[C@@H]1CCC(=O)N1. The molecule has 0 aliphatic carbocycles. The van der Waals surface area contributed by atoms with Crippen molar-refractivity contribution in [1.82, 2.24) is 35.6 Å². The summed E-state index contributed by atoms with van der Waals surface area (Å²) in [5.41, 5.74) is 7.08. The number of hydrogen-bond donors (Lipinski definition) is 4. The fraction of sp³-hybridized carbons (Fsp3) is 0.308. The Hall–Kier alpha value is -4.81. The highest BCUT2D eigenvalue weighted by Crippen LogP contribution is 2.42. The minimum absolute atomic E-state index is 0.0702. The van der Waals surface area contributed by atoms with Crippen molar-refractivity contribution in [2.24, 2.45) is 0 Å². The number of aromatic nitrogens is 3. The highest BCUT2D eigenvalue weighted by molar-refractivity contribution is 6.39. The molecule has 5 aromatic rings. The number of pyridine rings is 2. The third-order valence-corrected chi connectivity index (χ3v) is 10.4. The van der Waals surface area contributed by atoms with E-state index in [-0.39, 0.29) is 29.5 Å². The number of halogens is 2. The lowest BCUT2D eigenvalue weighted by molar-refractivity contribution is -0.120. The summed E-state index contributed by atoms with van der Waals surface area (Å²) in [4.78, 5) is 45.9. The van der Waals surface area contributed by atoms with Crippen molar-refractivity contribution in [3.05, 3.63) is 104 Å². The first-order valence-electron chi connectivity index (χ1n) is 17.3. The maximum Gasteiger partial charge on any atom is 0.258 e. The Bertz CT molecular complexity index is 2240. The first kappa shape index (κ1) is 35.6. The summed E-state index contributed by atoms with van der Waals surface area (Å²) >= 11 is 14.3. The number of ether oxygens (including phenoxy) is 1. The molecule has 2 amide bonds. The third kappa shape index (κ3) is 7.54. The van der Waals surface area contributed by atoms with E-state index in [1.54, 1.807) is 17.7 Å². The highest BCUT2D eigenvalue weighted by Gasteiger charge is 2.22. The summed E-state index contributed by atoms with van der Waals surface area (Å²) in [7, 11) is 1.59. The number of carbonyl (C=O) groups is 2. The van der Waals surface area contributed by atoms with Crippen LogP contribution in [-0.2, 0) is 22.7 Å². The fourth-order valence-corrected chi connectivity index (χ4v) is 7.56. The van der Waals surface area contributed by atoms with Gasteiger partial charge in [0.1, 0.15) is 5.65 Å². The minimum atomic E-state index is -0.198. The number of carbonyl (C=O) groups excluding carboxylic acids is 2. The molecule has 4 N–H and O–H groups in total. The summed E-state index contributed by atoms with van der Waals surface area (Å²) in [6.45, 7) is 4.16. The normalized spacial score (nSPS) is 17.1. The molecule has 13 heteroatoms. The quantitative estimate of drug-likeness (QED) is 0.133. The van der Waals surface area contributed by atoms with Gasteiger partial charge in [-0.3, -0.25) is 18.8 Å². The molecule has 3 aromatic heterocycles. The molecule has 5 heterocycles. The van der Waals surface area contributed by atoms with Gasteiger partial charge < -0.3 is 26.0 Å². The number of hydrogen-bond acceptors (Lipinski definition) is 8. The van der Waals surface area contributed by atoms with Crippen LogP contribution in [0.2, 0.25) is 10.0 Å². The molecule has 0 radical (unpaired) electrons. The van der Waals surface area contributed by atoms with Crippen molar-refractivity contribution in [2.45, 2.75) is 57.8 Å². The van der Waals surface area contributed by atoms with Crippen molar-refractivity contribution < 1.29 is 14.3 Å². The summed E-state index contributed by atoms with van der Waals surface area (Å²) in [5, 5.41) is 13.6. The van der Waals surface area contributed by atoms with Gasteiger partial charge in [-0.15, -0.1) is 0 Å². The third-order valence-electron chi connectivity index (χ3n) is 9.58. The summed E-state index contributed by atoms with van der Waals surface area (Å²) in [6, 6.07) is 19.1. The van der Waals surface area contributed by atoms with E-state index in [2.05, 4.69) is 21.3 Å². The van der Waals surface area contributed by atoms with E-state index in [1.807, 2.05) is 61.5 Å². The molecule has 7 rings (SSSR count). The van der Waals surface area contributed by atoms with Crippen LogP contribution in [0.25, 0.3) is 39.2 Å². The van der Waals surface area contributed by atoms with Crippen LogP contribution in [0.1, 0.15) is 42.5 Å². The molecule has 11 nitrogen and oxygen atoms in total. The van der Waals surface area contributed by atoms with E-state index in [4.69, 9.17) is 37.9 Å². The Morgan fingerprint density at radius 3 is 2.06 bits per heavy atom. The van der Waals surface area contributed by atoms with E-state index in [0.717, 1.165) is 51.8 Å². The molecule has 52 heavy (non-hydrogen) atoms. The Labute approximate surface area is 311 Å². The predicted octanol–water partition coefficient (Wildman–Crippen LogP) is 5.45. The second kappa shape index (κ2) is 15.4. The highest BCUT2D eigenvalue weighted by atomic mass is 35.5. The fourth-order valence-electron chi connectivity index (χ4n) is 6.90. The summed E-state index contributed by atoms with van der Waals surface area (Å²) in [5.74, 6) is 0.648. The van der Waals surface area contributed by atoms with Crippen LogP contribution in [-0.4, -0.2) is 58.5 Å². The molecule has 2 aromatic carbocycles. The van der Waals surface area contributed by atoms with Crippen LogP contribution in [0.15, 0.2) is 71.7 Å². The van der Waals surface area contributed by atoms with E-state index >= 15 is 0 Å². The number of amides is 2. The van der Waals surface area contributed by atoms with Gasteiger partial charge in [0, 0.05) is 96.7 Å². The van der Waals surface area contributed by atoms with Crippen LogP contribution < -0.4 is 31.6 Å². The molecule has 0 saturated carbocycles. The number of benzene rings is 2. The average molecular weight is 741 g/mol. The van der Waals surface area contributed by atoms with Gasteiger partial charge in [0.15, 0.2) is 0 Å². The Balaban J connectivity index is 1.13. The number of methoxy groups -OCH3 is 1. The largest absolute Gasteiger partial charge is 0.481 e. The van der Waals surface area contributed by atoms with Gasteiger partial charge in [0.25, 0.3) is 5.56 Å². The smallest absolute Gasteiger partial charge is 0.258 e. The maximum absolute atomic E-state index is 13.3. The molecular weight excluding hydrogens is 701 g/mol. The van der Waals surface area contributed by atoms with Gasteiger partial charge in [0.05, 0.1) is 28.5 Å². The lowest BCUT2D eigenvalue weighted by atomic mass is 9.97. The summed E-state index contributed by atoms with van der Waals surface area (Å²) < 4.78 is 7.20. The molecule has 268 valence electrons. The van der Waals surface area contributed by atoms with Gasteiger partial charge >= 0.3 is 0 Å². The summed E-state index contributed by atoms with van der Waals surface area (Å²) in [6.07, 6.45) is 4.50. The van der Waals surface area contributed by atoms with E-state index < -0.39 is 0 Å². The average Bonchev–Trinajstić information content (AvgIpc) is 3.75. The zero-order valence-electron chi connectivity index (χ0n) is 28.9. The molecule has 2 atom stereocenters. The van der Waals surface area contributed by atoms with Crippen molar-refractivity contribution >= 4 is 40.7 Å². The molecular formula is C39H39Cl2N7O4. The Kier molecular flexibility index (Phi) is 10.6. The first-order chi connectivity index (χ1) is 25.2. The van der Waals surface area contributed by atoms with Crippen molar-refractivity contribution in [3.8, 4) is 39.4 Å². The lowest BCUT2D eigenvalue weighted by Crippen LogP contribution is -2.35. The zero-order valence-corrected chi connectivity index (χ0v) is 30.4. The van der Waals surface area contributed by atoms with Crippen molar-refractivity contribution in [3.63, 3.8) is 0 Å². The number of nitrogens with one attached hydrogen (secondary N) is 4. The predicted molar refractivity (Wildman–Crippen MR) is 203 cm³/mol. The standard InChI is InChI=1S/C39H39Cl2N7O4/c1-22-15-24(21-48-35(51)16-27(46-38(22)48)20-43-19-26-11-14-34(50)45-26)28-5-3-6-29(36(28)40)30-7-4-8-31(37(30)41)32-12-9-23(39(47-32)52-2)17-42-18-25-10-13-33(49)44-25/h3-9,12,15-16,21,25-26,42-43H,10-11,13-14,17-20H2,1-2H3,(H,44,49)(H,45,50)/t25-,26-/m0/s1. The minimum Gasteiger partial charge on any atom is -0.481 e. The van der Waals surface area contributed by atoms with Crippen LogP contribution in [0.4, 0.5) is 0 Å². The van der Waals surface area contributed by atoms with E-state index in [0.29, 0.717) is 72.0 Å². The van der Waals surface area contributed by atoms with Crippen LogP contribution >= 0.6 is 23.2 Å². The topological polar surface area (TPSA) is 139 Å². The van der Waals surface area contributed by atoms with Gasteiger partial charge in [-0.05, 0) is 37.5 Å². The van der Waals surface area contributed by atoms with Gasteiger partial charge in [-0.2, -0.15) is 0 Å². The molecule has 0 bridgehead atoms. The molecule has 0 spiro atoms. The zero-order chi connectivity index (χ0) is 36.4. The molecule has 2 saturated heterocycles. The first-order valence-corrected chi connectivity index (χ1v) is 18.1. The number of nitrogens with zero attached hydrogens (tertiary/aromatic N) is 3. The second-order valence-electron chi connectivity index (χ2n) is 13.3. The second-order valence-corrected chi connectivity index (χ2v) is 14.0. The maximum atomic E-state index is 13.3. The van der Waals surface area contributed by atoms with E-state index in [9.17, 15) is 14.4 Å². The number of aryl methyl sites for hydroxylation is 1. The number of fused-ring (bicyclic) bond motifs is 1. The monoisotopic (exact) mass is 739 g/mol. The van der Waals surface area contributed by atoms with Crippen LogP contribution in [0.3, 0.4) is 0 Å². The van der Waals surface area contributed by atoms with Crippen LogP contribution in [0, 0.1) is 6.92 Å². The lowest BCUT2D eigenvalue weighted by Gasteiger charge is -2.16. The molecule has 2 fully saturated rings.